The molecule has 5 nitrogen and oxygen atoms in total. The number of halogens is 1. The molecule has 0 fully saturated rings. The lowest BCUT2D eigenvalue weighted by Gasteiger charge is -2.15. The summed E-state index contributed by atoms with van der Waals surface area (Å²) in [4.78, 5) is 16.6. The third-order valence-electron chi connectivity index (χ3n) is 3.42. The van der Waals surface area contributed by atoms with E-state index in [1.54, 1.807) is 38.4 Å². The standard InChI is InChI=1S/C16H14ClN3O2/c1-18-15-11-8-7-10(17)9-13(11)20(16(21)19-15)12-5-3-4-6-14(12)22-2/h3-9H,1-2H3,(H,18,19,21). The van der Waals surface area contributed by atoms with Crippen molar-refractivity contribution >= 4 is 28.3 Å². The Balaban J connectivity index is 2.46. The molecule has 1 heterocycles. The van der Waals surface area contributed by atoms with Gasteiger partial charge in [-0.25, -0.2) is 4.79 Å². The fourth-order valence-corrected chi connectivity index (χ4v) is 2.60. The van der Waals surface area contributed by atoms with Crippen LogP contribution in [0.5, 0.6) is 5.75 Å². The summed E-state index contributed by atoms with van der Waals surface area (Å²) in [6.07, 6.45) is 0. The lowest BCUT2D eigenvalue weighted by Crippen LogP contribution is -2.23. The Morgan fingerprint density at radius 2 is 2.00 bits per heavy atom. The first-order chi connectivity index (χ1) is 10.7. The van der Waals surface area contributed by atoms with Gasteiger partial charge in [0.1, 0.15) is 11.6 Å². The monoisotopic (exact) mass is 315 g/mol. The van der Waals surface area contributed by atoms with Gasteiger partial charge in [0, 0.05) is 17.5 Å². The summed E-state index contributed by atoms with van der Waals surface area (Å²) in [5.74, 6) is 1.10. The predicted molar refractivity (Wildman–Crippen MR) is 88.4 cm³/mol. The highest BCUT2D eigenvalue weighted by Gasteiger charge is 2.14. The van der Waals surface area contributed by atoms with E-state index in [4.69, 9.17) is 16.3 Å². The minimum Gasteiger partial charge on any atom is -0.495 e. The number of hydrogen-bond acceptors (Lipinski definition) is 4. The van der Waals surface area contributed by atoms with Crippen molar-refractivity contribution in [2.75, 3.05) is 19.5 Å². The molecule has 112 valence electrons. The van der Waals surface area contributed by atoms with E-state index < -0.39 is 5.69 Å². The van der Waals surface area contributed by atoms with Gasteiger partial charge in [0.15, 0.2) is 0 Å². The van der Waals surface area contributed by atoms with Gasteiger partial charge in [0.05, 0.1) is 18.3 Å². The van der Waals surface area contributed by atoms with Gasteiger partial charge in [-0.2, -0.15) is 4.98 Å². The van der Waals surface area contributed by atoms with E-state index in [1.807, 2.05) is 18.2 Å². The van der Waals surface area contributed by atoms with Crippen molar-refractivity contribution in [2.45, 2.75) is 0 Å². The van der Waals surface area contributed by atoms with Crippen LogP contribution in [0.1, 0.15) is 0 Å². The van der Waals surface area contributed by atoms with Gasteiger partial charge >= 0.3 is 5.69 Å². The fourth-order valence-electron chi connectivity index (χ4n) is 2.44. The van der Waals surface area contributed by atoms with Crippen molar-refractivity contribution in [3.8, 4) is 11.4 Å². The third-order valence-corrected chi connectivity index (χ3v) is 3.65. The Labute approximate surface area is 132 Å². The van der Waals surface area contributed by atoms with Crippen LogP contribution in [0.15, 0.2) is 47.3 Å². The Bertz CT molecular complexity index is 906. The number of ether oxygens (including phenoxy) is 1. The number of aromatic nitrogens is 2. The molecule has 0 spiro atoms. The summed E-state index contributed by atoms with van der Waals surface area (Å²) in [6, 6.07) is 12.6. The number of hydrogen-bond donors (Lipinski definition) is 1. The molecular weight excluding hydrogens is 302 g/mol. The van der Waals surface area contributed by atoms with Crippen LogP contribution in [0.4, 0.5) is 5.82 Å². The summed E-state index contributed by atoms with van der Waals surface area (Å²) in [5, 5.41) is 4.29. The van der Waals surface area contributed by atoms with Gasteiger partial charge in [0.25, 0.3) is 0 Å². The second-order valence-corrected chi connectivity index (χ2v) is 5.10. The highest BCUT2D eigenvalue weighted by Crippen LogP contribution is 2.28. The Hall–Kier alpha value is -2.53. The molecule has 3 rings (SSSR count). The van der Waals surface area contributed by atoms with E-state index in [-0.39, 0.29) is 0 Å². The maximum absolute atomic E-state index is 12.5. The van der Waals surface area contributed by atoms with Gasteiger partial charge in [-0.3, -0.25) is 4.57 Å². The van der Waals surface area contributed by atoms with Crippen molar-refractivity contribution in [3.63, 3.8) is 0 Å². The Kier molecular flexibility index (Phi) is 3.73. The van der Waals surface area contributed by atoms with Gasteiger partial charge in [-0.1, -0.05) is 23.7 Å². The molecule has 0 aliphatic rings. The van der Waals surface area contributed by atoms with Gasteiger partial charge in [0.2, 0.25) is 0 Å². The van der Waals surface area contributed by atoms with Crippen molar-refractivity contribution in [3.05, 3.63) is 58.0 Å². The summed E-state index contributed by atoms with van der Waals surface area (Å²) in [7, 11) is 3.29. The van der Waals surface area contributed by atoms with E-state index >= 15 is 0 Å². The zero-order valence-electron chi connectivity index (χ0n) is 12.1. The zero-order valence-corrected chi connectivity index (χ0v) is 12.9. The van der Waals surface area contributed by atoms with Crippen molar-refractivity contribution in [2.24, 2.45) is 0 Å². The molecule has 3 aromatic rings. The number of anilines is 1. The minimum atomic E-state index is -0.399. The van der Waals surface area contributed by atoms with Gasteiger partial charge in [-0.05, 0) is 30.3 Å². The lowest BCUT2D eigenvalue weighted by atomic mass is 10.2. The van der Waals surface area contributed by atoms with E-state index in [0.29, 0.717) is 27.8 Å². The second kappa shape index (κ2) is 5.69. The lowest BCUT2D eigenvalue weighted by molar-refractivity contribution is 0.413. The molecule has 0 bridgehead atoms. The van der Waals surface area contributed by atoms with Crippen molar-refractivity contribution in [1.82, 2.24) is 9.55 Å². The average molecular weight is 316 g/mol. The first kappa shape index (κ1) is 14.4. The average Bonchev–Trinajstić information content (AvgIpc) is 2.54. The number of nitrogens with one attached hydrogen (secondary N) is 1. The molecule has 22 heavy (non-hydrogen) atoms. The normalized spacial score (nSPS) is 10.7. The molecule has 0 amide bonds. The summed E-state index contributed by atoms with van der Waals surface area (Å²) in [5.41, 5.74) is 0.891. The smallest absolute Gasteiger partial charge is 0.354 e. The highest BCUT2D eigenvalue weighted by molar-refractivity contribution is 6.31. The van der Waals surface area contributed by atoms with Crippen LogP contribution in [0.3, 0.4) is 0 Å². The first-order valence-electron chi connectivity index (χ1n) is 6.69. The maximum Gasteiger partial charge on any atom is 0.354 e. The SMILES string of the molecule is CNc1nc(=O)n(-c2ccccc2OC)c2cc(Cl)ccc12. The van der Waals surface area contributed by atoms with Crippen LogP contribution in [0, 0.1) is 0 Å². The number of rotatable bonds is 3. The maximum atomic E-state index is 12.5. The quantitative estimate of drug-likeness (QED) is 0.807. The molecule has 0 saturated carbocycles. The summed E-state index contributed by atoms with van der Waals surface area (Å²) >= 11 is 6.11. The van der Waals surface area contributed by atoms with Crippen LogP contribution >= 0.6 is 11.6 Å². The molecule has 0 radical (unpaired) electrons. The van der Waals surface area contributed by atoms with Crippen molar-refractivity contribution < 1.29 is 4.74 Å². The zero-order chi connectivity index (χ0) is 15.7. The molecule has 1 N–H and O–H groups in total. The number of methoxy groups -OCH3 is 1. The number of nitrogens with zero attached hydrogens (tertiary/aromatic N) is 2. The fraction of sp³-hybridized carbons (Fsp3) is 0.125. The molecule has 1 aromatic heterocycles. The van der Waals surface area contributed by atoms with Crippen LogP contribution in [-0.2, 0) is 0 Å². The predicted octanol–water partition coefficient (Wildman–Crippen LogP) is 3.09. The van der Waals surface area contributed by atoms with Crippen LogP contribution in [0.2, 0.25) is 5.02 Å². The second-order valence-electron chi connectivity index (χ2n) is 4.66. The molecule has 0 aliphatic heterocycles. The topological polar surface area (TPSA) is 56.2 Å². The van der Waals surface area contributed by atoms with E-state index in [0.717, 1.165) is 5.39 Å². The molecule has 0 aliphatic carbocycles. The minimum absolute atomic E-state index is 0.399. The van der Waals surface area contributed by atoms with Gasteiger partial charge in [-0.15, -0.1) is 0 Å². The van der Waals surface area contributed by atoms with E-state index in [2.05, 4.69) is 10.3 Å². The molecule has 0 atom stereocenters. The molecular formula is C16H14ClN3O2. The Morgan fingerprint density at radius 3 is 2.73 bits per heavy atom. The highest BCUT2D eigenvalue weighted by atomic mass is 35.5. The first-order valence-corrected chi connectivity index (χ1v) is 7.07. The van der Waals surface area contributed by atoms with Crippen LogP contribution in [0.25, 0.3) is 16.6 Å². The molecule has 6 heteroatoms. The van der Waals surface area contributed by atoms with E-state index in [1.165, 1.54) is 4.57 Å². The van der Waals surface area contributed by atoms with Crippen molar-refractivity contribution in [1.29, 1.82) is 0 Å². The molecule has 0 unspecified atom stereocenters. The number of fused-ring (bicyclic) bond motifs is 1. The summed E-state index contributed by atoms with van der Waals surface area (Å²) < 4.78 is 6.86. The van der Waals surface area contributed by atoms with Gasteiger partial charge < -0.3 is 10.1 Å². The largest absolute Gasteiger partial charge is 0.495 e. The molecule has 2 aromatic carbocycles. The number of para-hydroxylation sites is 2. The summed E-state index contributed by atoms with van der Waals surface area (Å²) in [6.45, 7) is 0. The Morgan fingerprint density at radius 1 is 1.23 bits per heavy atom. The van der Waals surface area contributed by atoms with Crippen LogP contribution in [-0.4, -0.2) is 23.7 Å². The van der Waals surface area contributed by atoms with Crippen LogP contribution < -0.4 is 15.7 Å². The third kappa shape index (κ3) is 2.29. The number of benzene rings is 2. The van der Waals surface area contributed by atoms with E-state index in [9.17, 15) is 4.79 Å². The molecule has 0 saturated heterocycles.